The minimum atomic E-state index is -0.202. The van der Waals surface area contributed by atoms with E-state index in [1.54, 1.807) is 0 Å². The SMILES string of the molecule is CCONC(=O)c1scc(C)c1Br. The Balaban J connectivity index is 2.71. The number of hydrogen-bond acceptors (Lipinski definition) is 3. The molecule has 0 saturated heterocycles. The molecule has 1 heterocycles. The van der Waals surface area contributed by atoms with E-state index in [0.29, 0.717) is 11.5 Å². The molecule has 0 fully saturated rings. The number of rotatable bonds is 3. The fourth-order valence-corrected chi connectivity index (χ4v) is 2.32. The average molecular weight is 264 g/mol. The molecule has 0 unspecified atom stereocenters. The minimum absolute atomic E-state index is 0.202. The van der Waals surface area contributed by atoms with Gasteiger partial charge in [0.05, 0.1) is 6.61 Å². The van der Waals surface area contributed by atoms with E-state index in [-0.39, 0.29) is 5.91 Å². The molecule has 0 aliphatic carbocycles. The van der Waals surface area contributed by atoms with E-state index in [1.165, 1.54) is 11.3 Å². The summed E-state index contributed by atoms with van der Waals surface area (Å²) >= 11 is 4.73. The molecule has 1 aromatic heterocycles. The summed E-state index contributed by atoms with van der Waals surface area (Å²) in [5.74, 6) is -0.202. The number of carbonyl (C=O) groups is 1. The zero-order chi connectivity index (χ0) is 9.84. The van der Waals surface area contributed by atoms with Crippen LogP contribution < -0.4 is 5.48 Å². The van der Waals surface area contributed by atoms with Crippen molar-refractivity contribution >= 4 is 33.2 Å². The number of carbonyl (C=O) groups excluding carboxylic acids is 1. The summed E-state index contributed by atoms with van der Waals surface area (Å²) in [4.78, 5) is 16.8. The third-order valence-electron chi connectivity index (χ3n) is 1.41. The first-order valence-corrected chi connectivity index (χ1v) is 5.49. The summed E-state index contributed by atoms with van der Waals surface area (Å²) < 4.78 is 0.842. The largest absolute Gasteiger partial charge is 0.286 e. The van der Waals surface area contributed by atoms with Crippen molar-refractivity contribution < 1.29 is 9.63 Å². The highest BCUT2D eigenvalue weighted by molar-refractivity contribution is 9.10. The van der Waals surface area contributed by atoms with Crippen LogP contribution in [0, 0.1) is 6.92 Å². The Kier molecular flexibility index (Phi) is 3.90. The first-order chi connectivity index (χ1) is 6.16. The van der Waals surface area contributed by atoms with Crippen LogP contribution in [0.4, 0.5) is 0 Å². The van der Waals surface area contributed by atoms with Gasteiger partial charge < -0.3 is 0 Å². The molecular weight excluding hydrogens is 254 g/mol. The normalized spacial score (nSPS) is 10.1. The first kappa shape index (κ1) is 10.7. The van der Waals surface area contributed by atoms with E-state index in [9.17, 15) is 4.79 Å². The third-order valence-corrected chi connectivity index (χ3v) is 3.80. The second-order valence-electron chi connectivity index (χ2n) is 2.43. The lowest BCUT2D eigenvalue weighted by Crippen LogP contribution is -2.22. The highest BCUT2D eigenvalue weighted by atomic mass is 79.9. The van der Waals surface area contributed by atoms with Crippen molar-refractivity contribution in [2.45, 2.75) is 13.8 Å². The third kappa shape index (κ3) is 2.52. The average Bonchev–Trinajstić information content (AvgIpc) is 2.44. The van der Waals surface area contributed by atoms with Crippen molar-refractivity contribution in [2.75, 3.05) is 6.61 Å². The van der Waals surface area contributed by atoms with E-state index in [4.69, 9.17) is 4.84 Å². The maximum atomic E-state index is 11.4. The summed E-state index contributed by atoms with van der Waals surface area (Å²) in [6, 6.07) is 0. The molecule has 0 bridgehead atoms. The molecule has 1 N–H and O–H groups in total. The van der Waals surface area contributed by atoms with Gasteiger partial charge in [0.25, 0.3) is 5.91 Å². The summed E-state index contributed by atoms with van der Waals surface area (Å²) in [5.41, 5.74) is 3.41. The maximum absolute atomic E-state index is 11.4. The molecule has 0 spiro atoms. The van der Waals surface area contributed by atoms with Crippen molar-refractivity contribution in [3.63, 3.8) is 0 Å². The van der Waals surface area contributed by atoms with E-state index in [2.05, 4.69) is 21.4 Å². The van der Waals surface area contributed by atoms with E-state index >= 15 is 0 Å². The molecule has 72 valence electrons. The topological polar surface area (TPSA) is 38.3 Å². The summed E-state index contributed by atoms with van der Waals surface area (Å²) in [5, 5.41) is 1.92. The van der Waals surface area contributed by atoms with Crippen molar-refractivity contribution in [1.82, 2.24) is 5.48 Å². The highest BCUT2D eigenvalue weighted by Crippen LogP contribution is 2.27. The fourth-order valence-electron chi connectivity index (χ4n) is 0.767. The molecule has 0 saturated carbocycles. The van der Waals surface area contributed by atoms with E-state index in [0.717, 1.165) is 10.0 Å². The van der Waals surface area contributed by atoms with Crippen LogP contribution in [-0.4, -0.2) is 12.5 Å². The van der Waals surface area contributed by atoms with Gasteiger partial charge in [0.15, 0.2) is 0 Å². The van der Waals surface area contributed by atoms with Crippen molar-refractivity contribution in [3.8, 4) is 0 Å². The second-order valence-corrected chi connectivity index (χ2v) is 4.10. The Labute approximate surface area is 89.2 Å². The Hall–Kier alpha value is -0.390. The van der Waals surface area contributed by atoms with Crippen molar-refractivity contribution in [1.29, 1.82) is 0 Å². The van der Waals surface area contributed by atoms with Crippen LogP contribution in [0.25, 0.3) is 0 Å². The Morgan fingerprint density at radius 1 is 1.77 bits per heavy atom. The first-order valence-electron chi connectivity index (χ1n) is 3.82. The van der Waals surface area contributed by atoms with Gasteiger partial charge in [-0.1, -0.05) is 0 Å². The minimum Gasteiger partial charge on any atom is -0.274 e. The van der Waals surface area contributed by atoms with Gasteiger partial charge in [-0.15, -0.1) is 11.3 Å². The Morgan fingerprint density at radius 3 is 2.92 bits per heavy atom. The van der Waals surface area contributed by atoms with Gasteiger partial charge in [-0.2, -0.15) is 0 Å². The predicted octanol–water partition coefficient (Wildman–Crippen LogP) is 2.50. The van der Waals surface area contributed by atoms with Crippen LogP contribution in [0.2, 0.25) is 0 Å². The van der Waals surface area contributed by atoms with Crippen LogP contribution >= 0.6 is 27.3 Å². The summed E-state index contributed by atoms with van der Waals surface area (Å²) in [7, 11) is 0. The van der Waals surface area contributed by atoms with Crippen LogP contribution in [-0.2, 0) is 4.84 Å². The van der Waals surface area contributed by atoms with Gasteiger partial charge in [-0.3, -0.25) is 9.63 Å². The van der Waals surface area contributed by atoms with E-state index in [1.807, 2.05) is 19.2 Å². The molecule has 0 aliphatic rings. The Bertz CT molecular complexity index is 311. The molecular formula is C8H10BrNO2S. The number of amides is 1. The van der Waals surface area contributed by atoms with Crippen LogP contribution in [0.15, 0.2) is 9.85 Å². The number of aryl methyl sites for hydroxylation is 1. The van der Waals surface area contributed by atoms with Gasteiger partial charge in [0, 0.05) is 4.47 Å². The summed E-state index contributed by atoms with van der Waals surface area (Å²) in [6.45, 7) is 4.22. The molecule has 0 atom stereocenters. The lowest BCUT2D eigenvalue weighted by atomic mass is 10.3. The van der Waals surface area contributed by atoms with Crippen LogP contribution in [0.1, 0.15) is 22.2 Å². The smallest absolute Gasteiger partial charge is 0.274 e. The van der Waals surface area contributed by atoms with Gasteiger partial charge in [0.1, 0.15) is 4.88 Å². The predicted molar refractivity (Wildman–Crippen MR) is 55.8 cm³/mol. The van der Waals surface area contributed by atoms with E-state index < -0.39 is 0 Å². The summed E-state index contributed by atoms with van der Waals surface area (Å²) in [6.07, 6.45) is 0. The number of nitrogens with one attached hydrogen (secondary N) is 1. The number of thiophene rings is 1. The fraction of sp³-hybridized carbons (Fsp3) is 0.375. The second kappa shape index (κ2) is 4.74. The maximum Gasteiger partial charge on any atom is 0.286 e. The molecule has 13 heavy (non-hydrogen) atoms. The monoisotopic (exact) mass is 263 g/mol. The zero-order valence-electron chi connectivity index (χ0n) is 7.39. The Morgan fingerprint density at radius 2 is 2.46 bits per heavy atom. The molecule has 3 nitrogen and oxygen atoms in total. The molecule has 1 aromatic rings. The van der Waals surface area contributed by atoms with Gasteiger partial charge in [-0.05, 0) is 40.7 Å². The van der Waals surface area contributed by atoms with Crippen LogP contribution in [0.5, 0.6) is 0 Å². The van der Waals surface area contributed by atoms with Crippen molar-refractivity contribution in [3.05, 3.63) is 20.3 Å². The highest BCUT2D eigenvalue weighted by Gasteiger charge is 2.13. The molecule has 5 heteroatoms. The molecule has 0 radical (unpaired) electrons. The van der Waals surface area contributed by atoms with Gasteiger partial charge in [0.2, 0.25) is 0 Å². The number of halogens is 1. The molecule has 1 rings (SSSR count). The number of hydroxylamine groups is 1. The van der Waals surface area contributed by atoms with Gasteiger partial charge in [-0.25, -0.2) is 5.48 Å². The number of hydrogen-bond donors (Lipinski definition) is 1. The zero-order valence-corrected chi connectivity index (χ0v) is 9.79. The quantitative estimate of drug-likeness (QED) is 0.852. The lowest BCUT2D eigenvalue weighted by molar-refractivity contribution is 0.0368. The van der Waals surface area contributed by atoms with Gasteiger partial charge >= 0.3 is 0 Å². The molecule has 0 aromatic carbocycles. The lowest BCUT2D eigenvalue weighted by Gasteiger charge is -2.01. The molecule has 1 amide bonds. The van der Waals surface area contributed by atoms with Crippen molar-refractivity contribution in [2.24, 2.45) is 0 Å². The standard InChI is InChI=1S/C8H10BrNO2S/c1-3-12-10-8(11)7-6(9)5(2)4-13-7/h4H,3H2,1-2H3,(H,10,11). The van der Waals surface area contributed by atoms with Crippen LogP contribution in [0.3, 0.4) is 0 Å². The molecule has 0 aliphatic heterocycles.